The lowest BCUT2D eigenvalue weighted by Crippen LogP contribution is -2.56. The largest absolute Gasteiger partial charge is 0.453 e. The molecule has 2 aliphatic heterocycles. The number of nitrogens with zero attached hydrogens (tertiary/aromatic N) is 3. The maximum absolute atomic E-state index is 13.6. The number of alkyl carbamates (subject to hydrolysis) is 2. The van der Waals surface area contributed by atoms with E-state index < -0.39 is 36.5 Å². The summed E-state index contributed by atoms with van der Waals surface area (Å²) in [6.45, 7) is 4.72. The topological polar surface area (TPSA) is 194 Å². The lowest BCUT2D eigenvalue weighted by Gasteiger charge is -2.31. The highest BCUT2D eigenvalue weighted by Gasteiger charge is 2.39. The molecule has 2 saturated heterocycles. The predicted octanol–water partition coefficient (Wildman–Crippen LogP) is 3.65. The van der Waals surface area contributed by atoms with Crippen molar-refractivity contribution in [2.75, 3.05) is 48.1 Å². The number of H-pyrrole nitrogens is 1. The van der Waals surface area contributed by atoms with Crippen molar-refractivity contribution in [3.05, 3.63) is 66.1 Å². The molecule has 0 radical (unpaired) electrons. The Kier molecular flexibility index (Phi) is 13.8. The number of aromatic nitrogens is 2. The van der Waals surface area contributed by atoms with E-state index in [2.05, 4.69) is 25.9 Å². The molecule has 16 nitrogen and oxygen atoms in total. The first-order valence-corrected chi connectivity index (χ1v) is 18.4. The van der Waals surface area contributed by atoms with Gasteiger partial charge in [0.1, 0.15) is 17.9 Å². The monoisotopic (exact) mass is 761 g/mol. The summed E-state index contributed by atoms with van der Waals surface area (Å²) >= 11 is 0. The van der Waals surface area contributed by atoms with Gasteiger partial charge in [0.2, 0.25) is 11.8 Å². The highest BCUT2D eigenvalue weighted by Crippen LogP contribution is 2.33. The summed E-state index contributed by atoms with van der Waals surface area (Å²) in [5.74, 6) is -0.146. The normalized spacial score (nSPS) is 18.9. The Bertz CT molecular complexity index is 1800. The van der Waals surface area contributed by atoms with Gasteiger partial charge in [-0.05, 0) is 68.4 Å². The number of imidazole rings is 1. The highest BCUT2D eigenvalue weighted by molar-refractivity contribution is 5.95. The van der Waals surface area contributed by atoms with Gasteiger partial charge in [0.05, 0.1) is 44.4 Å². The van der Waals surface area contributed by atoms with Crippen LogP contribution in [-0.2, 0) is 28.5 Å². The molecule has 0 spiro atoms. The fraction of sp³-hybridized carbons (Fsp3) is 0.487. The van der Waals surface area contributed by atoms with Crippen molar-refractivity contribution in [1.29, 1.82) is 0 Å². The number of likely N-dealkylation sites (tertiary alicyclic amines) is 2. The molecule has 296 valence electrons. The summed E-state index contributed by atoms with van der Waals surface area (Å²) in [5.41, 5.74) is 4.09. The molecule has 1 aromatic heterocycles. The van der Waals surface area contributed by atoms with E-state index in [9.17, 15) is 24.0 Å². The van der Waals surface area contributed by atoms with Crippen molar-refractivity contribution in [3.8, 4) is 22.4 Å². The van der Waals surface area contributed by atoms with E-state index in [1.165, 1.54) is 28.4 Å². The summed E-state index contributed by atoms with van der Waals surface area (Å²) in [5, 5.41) is 8.13. The van der Waals surface area contributed by atoms with Crippen LogP contribution in [0.4, 0.5) is 9.59 Å². The number of hydrogen-bond acceptors (Lipinski definition) is 10. The van der Waals surface area contributed by atoms with Crippen LogP contribution >= 0.6 is 0 Å². The summed E-state index contributed by atoms with van der Waals surface area (Å²) < 4.78 is 20.1. The second-order valence-electron chi connectivity index (χ2n) is 13.7. The van der Waals surface area contributed by atoms with Gasteiger partial charge >= 0.3 is 12.2 Å². The van der Waals surface area contributed by atoms with Crippen LogP contribution in [0.25, 0.3) is 22.4 Å². The summed E-state index contributed by atoms with van der Waals surface area (Å²) in [6, 6.07) is 12.9. The molecule has 3 heterocycles. The van der Waals surface area contributed by atoms with Gasteiger partial charge in [0.25, 0.3) is 5.91 Å². The zero-order valence-electron chi connectivity index (χ0n) is 32.1. The number of ether oxygens (including phenoxy) is 4. The van der Waals surface area contributed by atoms with Gasteiger partial charge in [-0.3, -0.25) is 14.4 Å². The Labute approximate surface area is 320 Å². The smallest absolute Gasteiger partial charge is 0.407 e. The summed E-state index contributed by atoms with van der Waals surface area (Å²) in [4.78, 5) is 75.4. The van der Waals surface area contributed by atoms with Gasteiger partial charge in [0, 0.05) is 45.5 Å². The minimum atomic E-state index is -0.921. The average molecular weight is 762 g/mol. The molecule has 0 aliphatic carbocycles. The van der Waals surface area contributed by atoms with Crippen molar-refractivity contribution in [2.45, 2.75) is 75.9 Å². The first-order chi connectivity index (χ1) is 26.5. The van der Waals surface area contributed by atoms with Crippen LogP contribution in [0.3, 0.4) is 0 Å². The molecule has 2 aromatic carbocycles. The molecule has 6 atom stereocenters. The number of carbonyl (C=O) groups is 5. The van der Waals surface area contributed by atoms with E-state index in [1.54, 1.807) is 42.0 Å². The van der Waals surface area contributed by atoms with Crippen LogP contribution in [0.2, 0.25) is 0 Å². The van der Waals surface area contributed by atoms with E-state index >= 15 is 0 Å². The van der Waals surface area contributed by atoms with Crippen molar-refractivity contribution >= 4 is 29.9 Å². The van der Waals surface area contributed by atoms with Gasteiger partial charge < -0.3 is 49.7 Å². The Hall–Kier alpha value is -5.48. The van der Waals surface area contributed by atoms with E-state index in [-0.39, 0.29) is 36.3 Å². The van der Waals surface area contributed by atoms with E-state index in [1.807, 2.05) is 36.4 Å². The summed E-state index contributed by atoms with van der Waals surface area (Å²) in [7, 11) is 5.43. The molecule has 0 saturated carbocycles. The molecule has 0 unspecified atom stereocenters. The Morgan fingerprint density at radius 1 is 0.745 bits per heavy atom. The third kappa shape index (κ3) is 9.61. The van der Waals surface area contributed by atoms with Gasteiger partial charge in [0.15, 0.2) is 0 Å². The maximum atomic E-state index is 13.6. The van der Waals surface area contributed by atoms with Crippen LogP contribution < -0.4 is 16.0 Å². The van der Waals surface area contributed by atoms with Gasteiger partial charge in [-0.1, -0.05) is 36.4 Å². The Morgan fingerprint density at radius 2 is 1.25 bits per heavy atom. The van der Waals surface area contributed by atoms with Crippen molar-refractivity contribution in [3.63, 3.8) is 0 Å². The maximum Gasteiger partial charge on any atom is 0.407 e. The molecule has 4 N–H and O–H groups in total. The average Bonchev–Trinajstić information content (AvgIpc) is 4.01. The van der Waals surface area contributed by atoms with Crippen LogP contribution in [0, 0.1) is 0 Å². The molecule has 5 rings (SSSR count). The molecular formula is C39H51N7O9. The Balaban J connectivity index is 1.18. The number of aromatic amines is 1. The molecule has 3 aromatic rings. The number of rotatable bonds is 14. The first-order valence-electron chi connectivity index (χ1n) is 18.4. The number of nitrogens with one attached hydrogen (secondary N) is 4. The lowest BCUT2D eigenvalue weighted by atomic mass is 10.0. The van der Waals surface area contributed by atoms with Crippen LogP contribution in [-0.4, -0.2) is 128 Å². The van der Waals surface area contributed by atoms with Gasteiger partial charge in [-0.2, -0.15) is 0 Å². The molecule has 16 heteroatoms. The molecule has 55 heavy (non-hydrogen) atoms. The van der Waals surface area contributed by atoms with E-state index in [4.69, 9.17) is 18.9 Å². The predicted molar refractivity (Wildman–Crippen MR) is 202 cm³/mol. The SMILES string of the molecule is COC(=O)N[C@H](C(=O)N1CCC[C@H]1CNC(=O)c1ccc(-c2ccc(-c3cnc([C@@H]4CCCN4C(=O)[C@@H](NC(=O)OC)[C@@H](C)OC)[nH]3)cc2)cc1)[C@@H](C)OC. The Morgan fingerprint density at radius 3 is 1.82 bits per heavy atom. The first kappa shape index (κ1) is 40.7. The summed E-state index contributed by atoms with van der Waals surface area (Å²) in [6.07, 6.45) is 2.19. The van der Waals surface area contributed by atoms with Crippen molar-refractivity contribution in [2.24, 2.45) is 0 Å². The molecular weight excluding hydrogens is 710 g/mol. The number of carbonyl (C=O) groups excluding carboxylic acids is 5. The number of amides is 5. The van der Waals surface area contributed by atoms with Gasteiger partial charge in [-0.25, -0.2) is 14.6 Å². The minimum absolute atomic E-state index is 0.224. The third-order valence-electron chi connectivity index (χ3n) is 10.4. The minimum Gasteiger partial charge on any atom is -0.453 e. The second-order valence-corrected chi connectivity index (χ2v) is 13.7. The third-order valence-corrected chi connectivity index (χ3v) is 10.4. The standard InChI is InChI=1S/C39H51N7O9/c1-23(52-3)32(43-38(50)54-5)36(48)45-19-7-9-29(45)21-41-35(47)28-17-13-26(14-18-28)25-11-15-27(16-12-25)30-22-40-34(42-30)31-10-8-20-46(31)37(49)33(24(2)53-4)44-39(51)55-6/h11-18,22-24,29,31-33H,7-10,19-21H2,1-6H3,(H,40,42)(H,41,47)(H,43,50)(H,44,51)/t23-,24-,29+,31+,32+,33+/m1/s1. The zero-order valence-corrected chi connectivity index (χ0v) is 32.1. The highest BCUT2D eigenvalue weighted by atomic mass is 16.5. The number of methoxy groups -OCH3 is 4. The fourth-order valence-corrected chi connectivity index (χ4v) is 7.04. The van der Waals surface area contributed by atoms with Gasteiger partial charge in [-0.15, -0.1) is 0 Å². The second kappa shape index (κ2) is 18.7. The van der Waals surface area contributed by atoms with Crippen LogP contribution in [0.5, 0.6) is 0 Å². The number of hydrogen-bond donors (Lipinski definition) is 4. The molecule has 0 bridgehead atoms. The fourth-order valence-electron chi connectivity index (χ4n) is 7.04. The van der Waals surface area contributed by atoms with E-state index in [0.717, 1.165) is 48.1 Å². The number of benzene rings is 2. The zero-order chi connectivity index (χ0) is 39.6. The molecule has 5 amide bonds. The van der Waals surface area contributed by atoms with Crippen LogP contribution in [0.15, 0.2) is 54.7 Å². The van der Waals surface area contributed by atoms with E-state index in [0.29, 0.717) is 24.5 Å². The molecule has 2 aliphatic rings. The van der Waals surface area contributed by atoms with Crippen molar-refractivity contribution in [1.82, 2.24) is 35.7 Å². The quantitative estimate of drug-likeness (QED) is 0.189. The lowest BCUT2D eigenvalue weighted by molar-refractivity contribution is -0.138. The van der Waals surface area contributed by atoms with Crippen LogP contribution in [0.1, 0.15) is 61.8 Å². The molecule has 2 fully saturated rings. The van der Waals surface area contributed by atoms with Crippen molar-refractivity contribution < 1.29 is 42.9 Å².